The molecule has 0 aromatic heterocycles. The van der Waals surface area contributed by atoms with Gasteiger partial charge in [-0.25, -0.2) is 0 Å². The molecule has 0 rings (SSSR count). The Morgan fingerprint density at radius 1 is 0.736 bits per heavy atom. The minimum Gasteiger partial charge on any atom is -0.756 e. The summed E-state index contributed by atoms with van der Waals surface area (Å²) >= 11 is 0. The quantitative estimate of drug-likeness (QED) is 0.0189. The van der Waals surface area contributed by atoms with Gasteiger partial charge in [-0.05, 0) is 44.9 Å². The maximum Gasteiger partial charge on any atom is 0.268 e. The maximum absolute atomic E-state index is 12.8. The first-order chi connectivity index (χ1) is 25.4. The average Bonchev–Trinajstić information content (AvgIpc) is 3.10. The van der Waals surface area contributed by atoms with Crippen LogP contribution in [0.5, 0.6) is 0 Å². The number of carbonyl (C=O) groups is 1. The molecule has 310 valence electrons. The van der Waals surface area contributed by atoms with Crippen LogP contribution >= 0.6 is 7.82 Å². The molecule has 0 aromatic rings. The molecule has 0 bridgehead atoms. The highest BCUT2D eigenvalue weighted by Crippen LogP contribution is 2.38. The molecule has 0 saturated heterocycles. The Kier molecular flexibility index (Phi) is 33.8. The van der Waals surface area contributed by atoms with Crippen LogP contribution in [-0.2, 0) is 18.4 Å². The van der Waals surface area contributed by atoms with E-state index in [1.807, 2.05) is 45.4 Å². The predicted octanol–water partition coefficient (Wildman–Crippen LogP) is 9.64. The summed E-state index contributed by atoms with van der Waals surface area (Å²) in [6.07, 6.45) is 38.5. The number of unbranched alkanes of at least 4 members (excludes halogenated alkanes) is 16. The van der Waals surface area contributed by atoms with Crippen molar-refractivity contribution in [2.45, 2.75) is 180 Å². The number of allylic oxidation sites excluding steroid dienone is 6. The molecule has 0 aliphatic carbocycles. The number of amides is 1. The second-order valence-electron chi connectivity index (χ2n) is 15.5. The van der Waals surface area contributed by atoms with Crippen molar-refractivity contribution < 1.29 is 38.0 Å². The number of carbonyl (C=O) groups excluding carboxylic acids is 1. The molecule has 10 heteroatoms. The standard InChI is InChI=1S/C43H81N2O7P/c1-6-8-10-12-14-16-17-18-19-21-23-27-31-35-42(47)41(39-52-53(49,50)51-38-37-45(3,4)5)44-43(48)36-32-28-24-26-30-34-40(46)33-29-25-22-20-15-13-11-9-7-2/h15,20,24-26,29-30,34,40-42,46-47H,6-14,16-19,21-23,27-28,31-33,35-39H2,1-5H3,(H-,44,48,49,50)/b20-15-,26-24+,29-25-,34-30-/t40?,41-,42+/m0/s1. The number of nitrogens with one attached hydrogen (secondary N) is 1. The molecule has 4 atom stereocenters. The number of hydrogen-bond donors (Lipinski definition) is 3. The Morgan fingerprint density at radius 3 is 1.92 bits per heavy atom. The highest BCUT2D eigenvalue weighted by molar-refractivity contribution is 7.45. The van der Waals surface area contributed by atoms with Crippen LogP contribution < -0.4 is 10.2 Å². The van der Waals surface area contributed by atoms with Crippen LogP contribution in [0.25, 0.3) is 0 Å². The second-order valence-corrected chi connectivity index (χ2v) is 17.0. The van der Waals surface area contributed by atoms with Crippen molar-refractivity contribution in [1.29, 1.82) is 0 Å². The highest BCUT2D eigenvalue weighted by atomic mass is 31.2. The third-order valence-electron chi connectivity index (χ3n) is 9.15. The van der Waals surface area contributed by atoms with Crippen LogP contribution in [-0.4, -0.2) is 79.8 Å². The Balaban J connectivity index is 4.62. The number of aliphatic hydroxyl groups is 2. The highest BCUT2D eigenvalue weighted by Gasteiger charge is 2.24. The van der Waals surface area contributed by atoms with Gasteiger partial charge in [-0.3, -0.25) is 9.36 Å². The van der Waals surface area contributed by atoms with E-state index >= 15 is 0 Å². The first-order valence-electron chi connectivity index (χ1n) is 21.1. The van der Waals surface area contributed by atoms with Crippen LogP contribution in [0.4, 0.5) is 0 Å². The Bertz CT molecular complexity index is 1020. The van der Waals surface area contributed by atoms with E-state index in [2.05, 4.69) is 37.4 Å². The van der Waals surface area contributed by atoms with Crippen molar-refractivity contribution in [3.63, 3.8) is 0 Å². The second kappa shape index (κ2) is 34.9. The molecule has 0 spiro atoms. The van der Waals surface area contributed by atoms with Crippen LogP contribution in [0.1, 0.15) is 162 Å². The van der Waals surface area contributed by atoms with Crippen LogP contribution in [0.3, 0.4) is 0 Å². The number of quaternary nitrogens is 1. The lowest BCUT2D eigenvalue weighted by atomic mass is 10.0. The van der Waals surface area contributed by atoms with Gasteiger partial charge >= 0.3 is 0 Å². The van der Waals surface area contributed by atoms with E-state index in [9.17, 15) is 24.5 Å². The zero-order valence-corrected chi connectivity index (χ0v) is 35.5. The minimum absolute atomic E-state index is 0.0152. The summed E-state index contributed by atoms with van der Waals surface area (Å²) in [6.45, 7) is 4.54. The summed E-state index contributed by atoms with van der Waals surface area (Å²) in [4.78, 5) is 25.2. The largest absolute Gasteiger partial charge is 0.756 e. The third-order valence-corrected chi connectivity index (χ3v) is 10.1. The molecule has 0 saturated carbocycles. The summed E-state index contributed by atoms with van der Waals surface area (Å²) in [7, 11) is 1.21. The molecule has 0 heterocycles. The van der Waals surface area contributed by atoms with Gasteiger partial charge in [0.05, 0.1) is 46.0 Å². The van der Waals surface area contributed by atoms with Gasteiger partial charge in [-0.15, -0.1) is 0 Å². The molecule has 9 nitrogen and oxygen atoms in total. The van der Waals surface area contributed by atoms with Crippen molar-refractivity contribution in [2.75, 3.05) is 40.9 Å². The van der Waals surface area contributed by atoms with Gasteiger partial charge < -0.3 is 34.0 Å². The van der Waals surface area contributed by atoms with Crippen molar-refractivity contribution in [3.8, 4) is 0 Å². The number of phosphoric acid groups is 1. The summed E-state index contributed by atoms with van der Waals surface area (Å²) < 4.78 is 23.1. The average molecular weight is 769 g/mol. The fourth-order valence-corrected chi connectivity index (χ4v) is 6.42. The lowest BCUT2D eigenvalue weighted by molar-refractivity contribution is -0.870. The molecule has 2 unspecified atom stereocenters. The maximum atomic E-state index is 12.8. The number of likely N-dealkylation sites (N-methyl/N-ethyl adjacent to an activating group) is 1. The summed E-state index contributed by atoms with van der Waals surface area (Å²) in [5.41, 5.74) is 0. The van der Waals surface area contributed by atoms with Gasteiger partial charge in [0.25, 0.3) is 7.82 Å². The number of rotatable bonds is 37. The van der Waals surface area contributed by atoms with Crippen LogP contribution in [0.2, 0.25) is 0 Å². The molecule has 3 N–H and O–H groups in total. The zero-order valence-electron chi connectivity index (χ0n) is 34.6. The fraction of sp³-hybridized carbons (Fsp3) is 0.791. The Hall–Kier alpha value is -1.58. The smallest absolute Gasteiger partial charge is 0.268 e. The molecule has 0 aromatic carbocycles. The molecule has 0 radical (unpaired) electrons. The van der Waals surface area contributed by atoms with E-state index in [1.54, 1.807) is 6.08 Å². The van der Waals surface area contributed by atoms with Crippen LogP contribution in [0, 0.1) is 0 Å². The normalized spacial score (nSPS) is 15.5. The first-order valence-corrected chi connectivity index (χ1v) is 22.6. The summed E-state index contributed by atoms with van der Waals surface area (Å²) in [5, 5.41) is 23.9. The number of hydrogen-bond acceptors (Lipinski definition) is 7. The number of phosphoric ester groups is 1. The fourth-order valence-electron chi connectivity index (χ4n) is 5.70. The number of nitrogens with zero attached hydrogens (tertiary/aromatic N) is 1. The molecule has 1 amide bonds. The van der Waals surface area contributed by atoms with Crippen LogP contribution in [0.15, 0.2) is 48.6 Å². The lowest BCUT2D eigenvalue weighted by Crippen LogP contribution is -2.46. The van der Waals surface area contributed by atoms with E-state index in [1.165, 1.54) is 83.5 Å². The molecular weight excluding hydrogens is 687 g/mol. The minimum atomic E-state index is -4.60. The van der Waals surface area contributed by atoms with E-state index in [-0.39, 0.29) is 25.5 Å². The van der Waals surface area contributed by atoms with Gasteiger partial charge in [0.15, 0.2) is 0 Å². The van der Waals surface area contributed by atoms with Gasteiger partial charge in [0.1, 0.15) is 13.2 Å². The van der Waals surface area contributed by atoms with Gasteiger partial charge in [0, 0.05) is 6.42 Å². The van der Waals surface area contributed by atoms with Crippen molar-refractivity contribution in [3.05, 3.63) is 48.6 Å². The predicted molar refractivity (Wildman–Crippen MR) is 220 cm³/mol. The Labute approximate surface area is 325 Å². The van der Waals surface area contributed by atoms with E-state index in [0.29, 0.717) is 36.7 Å². The molecule has 0 fully saturated rings. The number of aliphatic hydroxyl groups excluding tert-OH is 2. The van der Waals surface area contributed by atoms with Crippen molar-refractivity contribution in [1.82, 2.24) is 5.32 Å². The Morgan fingerprint density at radius 2 is 1.30 bits per heavy atom. The van der Waals surface area contributed by atoms with E-state index in [0.717, 1.165) is 32.1 Å². The lowest BCUT2D eigenvalue weighted by Gasteiger charge is -2.30. The molecule has 0 aliphatic heterocycles. The van der Waals surface area contributed by atoms with Crippen molar-refractivity contribution in [2.24, 2.45) is 0 Å². The summed E-state index contributed by atoms with van der Waals surface area (Å²) in [6, 6.07) is -0.861. The monoisotopic (exact) mass is 769 g/mol. The van der Waals surface area contributed by atoms with Crippen molar-refractivity contribution >= 4 is 13.7 Å². The SMILES string of the molecule is CCCCC/C=C\C/C=C\CC(O)/C=C\C=C\CCCC(=O)N[C@@H](COP(=O)([O-])OCC[N+](C)(C)C)[C@H](O)CCCCCCCCCCCCCCC. The van der Waals surface area contributed by atoms with Gasteiger partial charge in [-0.1, -0.05) is 159 Å². The topological polar surface area (TPSA) is 128 Å². The molecular formula is C43H81N2O7P. The van der Waals surface area contributed by atoms with Gasteiger partial charge in [-0.2, -0.15) is 0 Å². The molecule has 53 heavy (non-hydrogen) atoms. The summed E-state index contributed by atoms with van der Waals surface area (Å²) in [5.74, 6) is -0.267. The zero-order chi connectivity index (χ0) is 39.5. The third kappa shape index (κ3) is 37.1. The molecule has 0 aliphatic rings. The first kappa shape index (κ1) is 51.4. The van der Waals surface area contributed by atoms with Gasteiger partial charge in [0.2, 0.25) is 5.91 Å². The van der Waals surface area contributed by atoms with E-state index in [4.69, 9.17) is 9.05 Å². The van der Waals surface area contributed by atoms with E-state index < -0.39 is 26.1 Å².